The molecule has 0 saturated carbocycles. The van der Waals surface area contributed by atoms with Gasteiger partial charge in [-0.25, -0.2) is 4.39 Å². The van der Waals surface area contributed by atoms with Crippen LogP contribution in [0.3, 0.4) is 0 Å². The quantitative estimate of drug-likeness (QED) is 0.737. The molecule has 0 aliphatic heterocycles. The third-order valence-electron chi connectivity index (χ3n) is 2.38. The molecule has 0 aliphatic rings. The zero-order valence-corrected chi connectivity index (χ0v) is 11.0. The molecule has 0 aliphatic carbocycles. The highest BCUT2D eigenvalue weighted by Gasteiger charge is 2.05. The molecule has 0 heterocycles. The molecule has 0 fully saturated rings. The first-order valence-electron chi connectivity index (χ1n) is 5.28. The van der Waals surface area contributed by atoms with Gasteiger partial charge in [0.1, 0.15) is 17.3 Å². The van der Waals surface area contributed by atoms with Gasteiger partial charge in [-0.1, -0.05) is 28.1 Å². The fourth-order valence-corrected chi connectivity index (χ4v) is 2.00. The summed E-state index contributed by atoms with van der Waals surface area (Å²) in [5.74, 6) is 1.18. The van der Waals surface area contributed by atoms with Crippen molar-refractivity contribution in [2.75, 3.05) is 0 Å². The van der Waals surface area contributed by atoms with Gasteiger partial charge in [-0.2, -0.15) is 0 Å². The Morgan fingerprint density at radius 1 is 1.18 bits per heavy atom. The minimum absolute atomic E-state index is 0.254. The number of benzene rings is 2. The van der Waals surface area contributed by atoms with Crippen molar-refractivity contribution >= 4 is 15.9 Å². The van der Waals surface area contributed by atoms with Crippen LogP contribution < -0.4 is 4.74 Å². The molecule has 0 atom stereocenters. The van der Waals surface area contributed by atoms with E-state index in [1.165, 1.54) is 12.1 Å². The molecule has 0 N–H and O–H groups in total. The molecule has 0 radical (unpaired) electrons. The summed E-state index contributed by atoms with van der Waals surface area (Å²) in [6, 6.07) is 12.3. The lowest BCUT2D eigenvalue weighted by Gasteiger charge is -2.10. The third-order valence-corrected chi connectivity index (χ3v) is 2.99. The van der Waals surface area contributed by atoms with Crippen molar-refractivity contribution in [3.05, 3.63) is 59.4 Å². The second-order valence-electron chi connectivity index (χ2n) is 3.80. The summed E-state index contributed by atoms with van der Waals surface area (Å²) < 4.78 is 18.8. The van der Waals surface area contributed by atoms with Gasteiger partial charge in [-0.3, -0.25) is 0 Å². The van der Waals surface area contributed by atoms with Gasteiger partial charge in [-0.05, 0) is 42.8 Å². The number of ether oxygens (including phenoxy) is 1. The fourth-order valence-electron chi connectivity index (χ4n) is 1.56. The van der Waals surface area contributed by atoms with Crippen molar-refractivity contribution in [3.8, 4) is 11.5 Å². The zero-order chi connectivity index (χ0) is 12.3. The topological polar surface area (TPSA) is 9.23 Å². The molecule has 0 bridgehead atoms. The summed E-state index contributed by atoms with van der Waals surface area (Å²) in [6.07, 6.45) is 0. The SMILES string of the molecule is Cc1cccc(Oc2ccc(F)cc2CBr)c1. The van der Waals surface area contributed by atoms with E-state index in [1.54, 1.807) is 6.07 Å². The van der Waals surface area contributed by atoms with E-state index in [2.05, 4.69) is 15.9 Å². The summed E-state index contributed by atoms with van der Waals surface area (Å²) in [5, 5.41) is 0.561. The van der Waals surface area contributed by atoms with Crippen LogP contribution in [0.15, 0.2) is 42.5 Å². The highest BCUT2D eigenvalue weighted by atomic mass is 79.9. The number of aryl methyl sites for hydroxylation is 1. The van der Waals surface area contributed by atoms with Crippen molar-refractivity contribution < 1.29 is 9.13 Å². The lowest BCUT2D eigenvalue weighted by Crippen LogP contribution is -1.91. The van der Waals surface area contributed by atoms with E-state index < -0.39 is 0 Å². The lowest BCUT2D eigenvalue weighted by molar-refractivity contribution is 0.476. The fraction of sp³-hybridized carbons (Fsp3) is 0.143. The minimum atomic E-state index is -0.254. The van der Waals surface area contributed by atoms with E-state index in [0.717, 1.165) is 16.9 Å². The third kappa shape index (κ3) is 3.07. The summed E-state index contributed by atoms with van der Waals surface area (Å²) in [4.78, 5) is 0. The Morgan fingerprint density at radius 3 is 2.71 bits per heavy atom. The summed E-state index contributed by atoms with van der Waals surface area (Å²) in [7, 11) is 0. The molecule has 0 spiro atoms. The Morgan fingerprint density at radius 2 is 2.00 bits per heavy atom. The maximum absolute atomic E-state index is 13.1. The predicted octanol–water partition coefficient (Wildman–Crippen LogP) is 4.82. The Balaban J connectivity index is 2.29. The van der Waals surface area contributed by atoms with Crippen LogP contribution in [0.5, 0.6) is 11.5 Å². The van der Waals surface area contributed by atoms with Crippen molar-refractivity contribution in [1.82, 2.24) is 0 Å². The first-order chi connectivity index (χ1) is 8.19. The highest BCUT2D eigenvalue weighted by molar-refractivity contribution is 9.08. The van der Waals surface area contributed by atoms with Gasteiger partial charge < -0.3 is 4.74 Å². The van der Waals surface area contributed by atoms with Crippen molar-refractivity contribution in [3.63, 3.8) is 0 Å². The Kier molecular flexibility index (Phi) is 3.79. The summed E-state index contributed by atoms with van der Waals surface area (Å²) >= 11 is 3.32. The van der Waals surface area contributed by atoms with Gasteiger partial charge in [0.05, 0.1) is 0 Å². The molecule has 0 saturated heterocycles. The Bertz CT molecular complexity index is 525. The van der Waals surface area contributed by atoms with Crippen molar-refractivity contribution in [1.29, 1.82) is 0 Å². The molecule has 3 heteroatoms. The number of alkyl halides is 1. The first-order valence-corrected chi connectivity index (χ1v) is 6.40. The second kappa shape index (κ2) is 5.32. The monoisotopic (exact) mass is 294 g/mol. The standard InChI is InChI=1S/C14H12BrFO/c1-10-3-2-4-13(7-10)17-14-6-5-12(16)8-11(14)9-15/h2-8H,9H2,1H3. The number of hydrogen-bond acceptors (Lipinski definition) is 1. The second-order valence-corrected chi connectivity index (χ2v) is 4.36. The Labute approximate surface area is 108 Å². The molecule has 1 nitrogen and oxygen atoms in total. The molecule has 0 aromatic heterocycles. The van der Waals surface area contributed by atoms with E-state index in [4.69, 9.17) is 4.74 Å². The molecule has 0 unspecified atom stereocenters. The van der Waals surface area contributed by atoms with Crippen molar-refractivity contribution in [2.24, 2.45) is 0 Å². The Hall–Kier alpha value is -1.35. The van der Waals surface area contributed by atoms with Gasteiger partial charge in [0, 0.05) is 10.9 Å². The van der Waals surface area contributed by atoms with Crippen molar-refractivity contribution in [2.45, 2.75) is 12.3 Å². The molecule has 2 aromatic carbocycles. The molecular weight excluding hydrogens is 283 g/mol. The zero-order valence-electron chi connectivity index (χ0n) is 9.41. The summed E-state index contributed by atoms with van der Waals surface area (Å²) in [6.45, 7) is 2.00. The van der Waals surface area contributed by atoms with E-state index in [9.17, 15) is 4.39 Å². The molecule has 0 amide bonds. The van der Waals surface area contributed by atoms with E-state index in [1.807, 2.05) is 31.2 Å². The average molecular weight is 295 g/mol. The molecule has 2 rings (SSSR count). The van der Waals surface area contributed by atoms with Gasteiger partial charge in [0.2, 0.25) is 0 Å². The largest absolute Gasteiger partial charge is 0.457 e. The predicted molar refractivity (Wildman–Crippen MR) is 70.3 cm³/mol. The van der Waals surface area contributed by atoms with Crippen LogP contribution in [0, 0.1) is 12.7 Å². The van der Waals surface area contributed by atoms with Crippen LogP contribution >= 0.6 is 15.9 Å². The van der Waals surface area contributed by atoms with Crippen LogP contribution in [-0.2, 0) is 5.33 Å². The smallest absolute Gasteiger partial charge is 0.131 e. The van der Waals surface area contributed by atoms with E-state index in [0.29, 0.717) is 11.1 Å². The van der Waals surface area contributed by atoms with Crippen LogP contribution in [0.4, 0.5) is 4.39 Å². The van der Waals surface area contributed by atoms with Crippen LogP contribution in [-0.4, -0.2) is 0 Å². The van der Waals surface area contributed by atoms with Gasteiger partial charge in [-0.15, -0.1) is 0 Å². The number of hydrogen-bond donors (Lipinski definition) is 0. The van der Waals surface area contributed by atoms with Gasteiger partial charge in [0.15, 0.2) is 0 Å². The molecular formula is C14H12BrFO. The molecule has 88 valence electrons. The van der Waals surface area contributed by atoms with Crippen LogP contribution in [0.25, 0.3) is 0 Å². The maximum atomic E-state index is 13.1. The maximum Gasteiger partial charge on any atom is 0.131 e. The van der Waals surface area contributed by atoms with E-state index >= 15 is 0 Å². The van der Waals surface area contributed by atoms with Crippen LogP contribution in [0.2, 0.25) is 0 Å². The minimum Gasteiger partial charge on any atom is -0.457 e. The molecule has 2 aromatic rings. The van der Waals surface area contributed by atoms with Gasteiger partial charge >= 0.3 is 0 Å². The average Bonchev–Trinajstić information content (AvgIpc) is 2.31. The van der Waals surface area contributed by atoms with Crippen LogP contribution in [0.1, 0.15) is 11.1 Å². The summed E-state index contributed by atoms with van der Waals surface area (Å²) in [5.41, 5.74) is 1.93. The lowest BCUT2D eigenvalue weighted by atomic mass is 10.2. The van der Waals surface area contributed by atoms with E-state index in [-0.39, 0.29) is 5.82 Å². The number of halogens is 2. The van der Waals surface area contributed by atoms with Gasteiger partial charge in [0.25, 0.3) is 0 Å². The highest BCUT2D eigenvalue weighted by Crippen LogP contribution is 2.28. The normalized spacial score (nSPS) is 10.3. The number of rotatable bonds is 3. The molecule has 17 heavy (non-hydrogen) atoms. The first kappa shape index (κ1) is 12.1.